The van der Waals surface area contributed by atoms with Crippen LogP contribution in [0.1, 0.15) is 13.8 Å². The van der Waals surface area contributed by atoms with Crippen LogP contribution in [0.25, 0.3) is 0 Å². The summed E-state index contributed by atoms with van der Waals surface area (Å²) in [5.41, 5.74) is 0. The summed E-state index contributed by atoms with van der Waals surface area (Å²) in [5.74, 6) is 0. The van der Waals surface area contributed by atoms with Crippen molar-refractivity contribution in [2.75, 3.05) is 6.79 Å². The SMILES string of the molecule is CC1OOCO[C@H]1C. The minimum atomic E-state index is 0.0590. The van der Waals surface area contributed by atoms with Gasteiger partial charge in [-0.15, -0.1) is 0 Å². The van der Waals surface area contributed by atoms with Crippen molar-refractivity contribution in [2.24, 2.45) is 0 Å². The molecule has 0 radical (unpaired) electrons. The van der Waals surface area contributed by atoms with Gasteiger partial charge in [0.25, 0.3) is 0 Å². The molecule has 0 amide bonds. The molecule has 8 heavy (non-hydrogen) atoms. The molecule has 0 aromatic carbocycles. The molecule has 3 heteroatoms. The maximum atomic E-state index is 5.04. The smallest absolute Gasteiger partial charge is 0.181 e. The largest absolute Gasteiger partial charge is 0.346 e. The van der Waals surface area contributed by atoms with Crippen LogP contribution in [0.3, 0.4) is 0 Å². The van der Waals surface area contributed by atoms with E-state index in [1.54, 1.807) is 0 Å². The second kappa shape index (κ2) is 2.44. The molecular formula is C5H10O3. The van der Waals surface area contributed by atoms with Gasteiger partial charge in [-0.25, -0.2) is 9.78 Å². The quantitative estimate of drug-likeness (QED) is 0.438. The molecule has 0 aromatic rings. The lowest BCUT2D eigenvalue weighted by atomic mass is 10.3. The third-order valence-corrected chi connectivity index (χ3v) is 1.26. The molecule has 1 unspecified atom stereocenters. The molecule has 1 aliphatic rings. The standard InChI is InChI=1S/C5H10O3/c1-4-5(2)8-7-3-6-4/h4-5H,3H2,1-2H3/t4-,5?/m0/s1. The Morgan fingerprint density at radius 2 is 2.00 bits per heavy atom. The predicted octanol–water partition coefficient (Wildman–Crippen LogP) is 0.699. The molecule has 1 fully saturated rings. The van der Waals surface area contributed by atoms with Gasteiger partial charge < -0.3 is 4.74 Å². The minimum absolute atomic E-state index is 0.0590. The van der Waals surface area contributed by atoms with E-state index in [0.717, 1.165) is 0 Å². The van der Waals surface area contributed by atoms with Gasteiger partial charge in [-0.1, -0.05) is 0 Å². The third-order valence-electron chi connectivity index (χ3n) is 1.26. The summed E-state index contributed by atoms with van der Waals surface area (Å²) < 4.78 is 5.04. The average molecular weight is 118 g/mol. The van der Waals surface area contributed by atoms with Gasteiger partial charge in [0.1, 0.15) is 6.10 Å². The average Bonchev–Trinajstić information content (AvgIpc) is 1.77. The molecule has 0 N–H and O–H groups in total. The Morgan fingerprint density at radius 3 is 2.38 bits per heavy atom. The number of ether oxygens (including phenoxy) is 1. The number of hydrogen-bond donors (Lipinski definition) is 0. The molecule has 0 aromatic heterocycles. The van der Waals surface area contributed by atoms with Crippen LogP contribution in [0.5, 0.6) is 0 Å². The molecule has 0 bridgehead atoms. The zero-order valence-electron chi connectivity index (χ0n) is 5.09. The van der Waals surface area contributed by atoms with Crippen molar-refractivity contribution in [3.8, 4) is 0 Å². The third kappa shape index (κ3) is 1.18. The summed E-state index contributed by atoms with van der Waals surface area (Å²) in [7, 11) is 0. The van der Waals surface area contributed by atoms with E-state index in [0.29, 0.717) is 0 Å². The Balaban J connectivity index is 2.28. The molecule has 1 aliphatic heterocycles. The maximum absolute atomic E-state index is 5.04. The summed E-state index contributed by atoms with van der Waals surface area (Å²) in [4.78, 5) is 9.29. The molecule has 0 spiro atoms. The zero-order chi connectivity index (χ0) is 5.98. The first-order chi connectivity index (χ1) is 3.80. The second-order valence-electron chi connectivity index (χ2n) is 1.91. The van der Waals surface area contributed by atoms with Gasteiger partial charge >= 0.3 is 0 Å². The van der Waals surface area contributed by atoms with Crippen LogP contribution < -0.4 is 0 Å². The highest BCUT2D eigenvalue weighted by Gasteiger charge is 2.18. The highest BCUT2D eigenvalue weighted by molar-refractivity contribution is 4.58. The topological polar surface area (TPSA) is 27.7 Å². The molecule has 3 nitrogen and oxygen atoms in total. The zero-order valence-corrected chi connectivity index (χ0v) is 5.09. The van der Waals surface area contributed by atoms with Crippen LogP contribution in [-0.2, 0) is 14.5 Å². The van der Waals surface area contributed by atoms with E-state index in [-0.39, 0.29) is 19.0 Å². The Morgan fingerprint density at radius 1 is 1.25 bits per heavy atom. The van der Waals surface area contributed by atoms with E-state index in [1.165, 1.54) is 0 Å². The lowest BCUT2D eigenvalue weighted by molar-refractivity contribution is -0.414. The fraction of sp³-hybridized carbons (Fsp3) is 1.00. The van der Waals surface area contributed by atoms with E-state index in [9.17, 15) is 0 Å². The Kier molecular flexibility index (Phi) is 1.83. The van der Waals surface area contributed by atoms with Crippen molar-refractivity contribution < 1.29 is 14.5 Å². The van der Waals surface area contributed by atoms with Crippen molar-refractivity contribution >= 4 is 0 Å². The van der Waals surface area contributed by atoms with Gasteiger partial charge in [0.2, 0.25) is 0 Å². The molecular weight excluding hydrogens is 108 g/mol. The van der Waals surface area contributed by atoms with Crippen molar-refractivity contribution in [1.82, 2.24) is 0 Å². The molecule has 0 aliphatic carbocycles. The van der Waals surface area contributed by atoms with E-state index in [4.69, 9.17) is 9.62 Å². The summed E-state index contributed by atoms with van der Waals surface area (Å²) in [5, 5.41) is 0. The Bertz CT molecular complexity index is 64.1. The first kappa shape index (κ1) is 6.01. The van der Waals surface area contributed by atoms with Gasteiger partial charge in [-0.3, -0.25) is 0 Å². The number of rotatable bonds is 0. The highest BCUT2D eigenvalue weighted by atomic mass is 17.2. The Hall–Kier alpha value is -0.120. The lowest BCUT2D eigenvalue weighted by Crippen LogP contribution is -2.32. The van der Waals surface area contributed by atoms with Crippen LogP contribution in [0.15, 0.2) is 0 Å². The fourth-order valence-corrected chi connectivity index (χ4v) is 0.484. The molecule has 48 valence electrons. The van der Waals surface area contributed by atoms with Crippen molar-refractivity contribution in [1.29, 1.82) is 0 Å². The van der Waals surface area contributed by atoms with E-state index in [1.807, 2.05) is 13.8 Å². The monoisotopic (exact) mass is 118 g/mol. The highest BCUT2D eigenvalue weighted by Crippen LogP contribution is 2.08. The summed E-state index contributed by atoms with van der Waals surface area (Å²) in [6, 6.07) is 0. The van der Waals surface area contributed by atoms with E-state index < -0.39 is 0 Å². The predicted molar refractivity (Wildman–Crippen MR) is 27.0 cm³/mol. The molecule has 0 saturated carbocycles. The first-order valence-corrected chi connectivity index (χ1v) is 2.70. The second-order valence-corrected chi connectivity index (χ2v) is 1.91. The van der Waals surface area contributed by atoms with Gasteiger partial charge in [0.15, 0.2) is 6.79 Å². The summed E-state index contributed by atoms with van der Waals surface area (Å²) in [6.07, 6.45) is 0.215. The number of hydrogen-bond acceptors (Lipinski definition) is 3. The van der Waals surface area contributed by atoms with E-state index in [2.05, 4.69) is 4.89 Å². The summed E-state index contributed by atoms with van der Waals surface area (Å²) in [6.45, 7) is 4.11. The van der Waals surface area contributed by atoms with Crippen LogP contribution in [0.4, 0.5) is 0 Å². The van der Waals surface area contributed by atoms with Crippen LogP contribution in [0, 0.1) is 0 Å². The molecule has 1 heterocycles. The van der Waals surface area contributed by atoms with Crippen molar-refractivity contribution in [3.63, 3.8) is 0 Å². The Labute approximate surface area is 48.5 Å². The van der Waals surface area contributed by atoms with Crippen LogP contribution >= 0.6 is 0 Å². The van der Waals surface area contributed by atoms with Gasteiger partial charge in [0.05, 0.1) is 6.10 Å². The van der Waals surface area contributed by atoms with Crippen LogP contribution in [0.2, 0.25) is 0 Å². The van der Waals surface area contributed by atoms with Gasteiger partial charge in [0, 0.05) is 0 Å². The lowest BCUT2D eigenvalue weighted by Gasteiger charge is -2.24. The minimum Gasteiger partial charge on any atom is -0.346 e. The van der Waals surface area contributed by atoms with Crippen molar-refractivity contribution in [3.05, 3.63) is 0 Å². The maximum Gasteiger partial charge on any atom is 0.181 e. The van der Waals surface area contributed by atoms with Crippen molar-refractivity contribution in [2.45, 2.75) is 26.1 Å². The van der Waals surface area contributed by atoms with Gasteiger partial charge in [-0.2, -0.15) is 0 Å². The summed E-state index contributed by atoms with van der Waals surface area (Å²) >= 11 is 0. The molecule has 1 saturated heterocycles. The molecule has 2 atom stereocenters. The first-order valence-electron chi connectivity index (χ1n) is 2.70. The van der Waals surface area contributed by atoms with Crippen LogP contribution in [-0.4, -0.2) is 19.0 Å². The van der Waals surface area contributed by atoms with E-state index >= 15 is 0 Å². The normalized spacial score (nSPS) is 39.8. The fourth-order valence-electron chi connectivity index (χ4n) is 0.484. The molecule has 1 rings (SSSR count). The van der Waals surface area contributed by atoms with Gasteiger partial charge in [-0.05, 0) is 13.8 Å².